The molecule has 1 amide bonds. The molecule has 0 unspecified atom stereocenters. The number of carbonyl (C=O) groups is 1. The predicted octanol–water partition coefficient (Wildman–Crippen LogP) is 3.56. The molecule has 3 aromatic heterocycles. The first-order valence-corrected chi connectivity index (χ1v) is 11.2. The molecule has 172 valence electrons. The van der Waals surface area contributed by atoms with E-state index in [1.807, 2.05) is 12.0 Å². The number of pyridine rings is 1. The second-order valence-corrected chi connectivity index (χ2v) is 8.49. The molecule has 1 aliphatic carbocycles. The van der Waals surface area contributed by atoms with Gasteiger partial charge in [-0.1, -0.05) is 11.6 Å². The maximum atomic E-state index is 13.3. The van der Waals surface area contributed by atoms with Gasteiger partial charge in [-0.15, -0.1) is 0 Å². The molecule has 0 saturated heterocycles. The van der Waals surface area contributed by atoms with E-state index in [0.717, 1.165) is 18.5 Å². The molecule has 3 aliphatic rings. The van der Waals surface area contributed by atoms with E-state index < -0.39 is 0 Å². The molecule has 1 N–H and O–H groups in total. The van der Waals surface area contributed by atoms with Crippen molar-refractivity contribution < 1.29 is 9.59 Å². The molecule has 1 saturated carbocycles. The summed E-state index contributed by atoms with van der Waals surface area (Å²) in [7, 11) is 0. The number of aliphatic imine (C=N–C) groups is 1. The van der Waals surface area contributed by atoms with Gasteiger partial charge in [-0.3, -0.25) is 9.69 Å². The van der Waals surface area contributed by atoms with Crippen molar-refractivity contribution in [2.75, 3.05) is 5.32 Å². The lowest BCUT2D eigenvalue weighted by Gasteiger charge is -2.27. The number of carbonyl (C=O) groups excluding carboxylic acids is 2. The molecule has 5 heterocycles. The number of hydrogen-bond acceptors (Lipinski definition) is 7. The van der Waals surface area contributed by atoms with Crippen molar-refractivity contribution in [3.63, 3.8) is 0 Å². The van der Waals surface area contributed by atoms with Crippen LogP contribution in [-0.2, 0) is 4.79 Å². The molecular weight excluding hydrogens is 468 g/mol. The van der Waals surface area contributed by atoms with E-state index in [0.29, 0.717) is 39.3 Å². The van der Waals surface area contributed by atoms with Crippen LogP contribution in [0.2, 0.25) is 5.02 Å². The summed E-state index contributed by atoms with van der Waals surface area (Å²) in [5.74, 6) is 2.81. The van der Waals surface area contributed by atoms with Gasteiger partial charge in [0.25, 0.3) is 5.91 Å². The summed E-state index contributed by atoms with van der Waals surface area (Å²) in [4.78, 5) is 35.1. The predicted molar refractivity (Wildman–Crippen MR) is 130 cm³/mol. The number of rotatable bonds is 5. The van der Waals surface area contributed by atoms with Crippen LogP contribution in [0.15, 0.2) is 78.2 Å². The second kappa shape index (κ2) is 8.35. The molecule has 0 radical (unpaired) electrons. The Morgan fingerprint density at radius 1 is 1.23 bits per heavy atom. The fourth-order valence-corrected chi connectivity index (χ4v) is 4.31. The topological polar surface area (TPSA) is 110 Å². The van der Waals surface area contributed by atoms with Crippen LogP contribution in [-0.4, -0.2) is 47.1 Å². The van der Waals surface area contributed by atoms with Crippen LogP contribution >= 0.6 is 11.6 Å². The van der Waals surface area contributed by atoms with Crippen LogP contribution in [0.25, 0.3) is 11.5 Å². The van der Waals surface area contributed by atoms with Crippen molar-refractivity contribution in [1.82, 2.24) is 29.4 Å². The normalized spacial score (nSPS) is 16.5. The number of amidine groups is 1. The molecule has 11 heteroatoms. The molecule has 3 aromatic rings. The van der Waals surface area contributed by atoms with Gasteiger partial charge in [0, 0.05) is 30.7 Å². The first-order chi connectivity index (χ1) is 17.1. The van der Waals surface area contributed by atoms with E-state index in [-0.39, 0.29) is 11.8 Å². The summed E-state index contributed by atoms with van der Waals surface area (Å²) in [6.07, 6.45) is 16.9. The van der Waals surface area contributed by atoms with E-state index in [2.05, 4.69) is 25.5 Å². The van der Waals surface area contributed by atoms with Crippen molar-refractivity contribution in [1.29, 1.82) is 0 Å². The zero-order chi connectivity index (χ0) is 23.9. The number of allylic oxidation sites excluding steroid dienone is 3. The minimum absolute atomic E-state index is 0.197. The monoisotopic (exact) mass is 484 g/mol. The SMILES string of the molecule is O=C=C1C=CN=C2C(n3ncc(C(=O)Nc4cnc(-n5cccn5)c(Cl)c4)c3C3CC3)=CC=CN12. The Morgan fingerprint density at radius 2 is 2.11 bits per heavy atom. The summed E-state index contributed by atoms with van der Waals surface area (Å²) < 4.78 is 3.28. The summed E-state index contributed by atoms with van der Waals surface area (Å²) in [5.41, 5.74) is 2.72. The number of amides is 1. The largest absolute Gasteiger partial charge is 0.320 e. The van der Waals surface area contributed by atoms with Crippen molar-refractivity contribution in [3.8, 4) is 5.82 Å². The van der Waals surface area contributed by atoms with E-state index >= 15 is 0 Å². The molecular formula is C24H17ClN8O2. The van der Waals surface area contributed by atoms with Gasteiger partial charge >= 0.3 is 0 Å². The smallest absolute Gasteiger partial charge is 0.259 e. The minimum Gasteiger partial charge on any atom is -0.320 e. The number of nitrogens with zero attached hydrogens (tertiary/aromatic N) is 7. The molecule has 0 atom stereocenters. The molecule has 0 aromatic carbocycles. The summed E-state index contributed by atoms with van der Waals surface area (Å²) >= 11 is 6.38. The maximum Gasteiger partial charge on any atom is 0.259 e. The fourth-order valence-electron chi connectivity index (χ4n) is 4.05. The second-order valence-electron chi connectivity index (χ2n) is 8.08. The molecule has 2 aliphatic heterocycles. The standard InChI is InChI=1S/C24H17ClN8O2/c25-19-11-16(12-27-22(19)32-10-2-7-28-32)30-24(35)18-13-29-33(21(18)15-4-5-15)20-3-1-9-31-17(14-34)6-8-26-23(20)31/h1-3,6-13,15H,4-5H2,(H,30,35). The highest BCUT2D eigenvalue weighted by Crippen LogP contribution is 2.43. The highest BCUT2D eigenvalue weighted by Gasteiger charge is 2.35. The molecule has 0 bridgehead atoms. The number of fused-ring (bicyclic) bond motifs is 1. The average Bonchev–Trinajstić information content (AvgIpc) is 3.37. The lowest BCUT2D eigenvalue weighted by atomic mass is 10.1. The van der Waals surface area contributed by atoms with Gasteiger partial charge in [0.1, 0.15) is 11.4 Å². The molecule has 1 fully saturated rings. The van der Waals surface area contributed by atoms with Crippen molar-refractivity contribution in [2.24, 2.45) is 4.99 Å². The maximum absolute atomic E-state index is 13.3. The third-order valence-corrected chi connectivity index (χ3v) is 6.06. The zero-order valence-corrected chi connectivity index (χ0v) is 18.9. The lowest BCUT2D eigenvalue weighted by molar-refractivity contribution is 0.102. The highest BCUT2D eigenvalue weighted by molar-refractivity contribution is 6.32. The quantitative estimate of drug-likeness (QED) is 0.554. The number of aromatic nitrogens is 5. The molecule has 0 spiro atoms. The van der Waals surface area contributed by atoms with E-state index in [1.54, 1.807) is 69.5 Å². The fraction of sp³-hybridized carbons (Fsp3) is 0.125. The summed E-state index contributed by atoms with van der Waals surface area (Å²) in [6, 6.07) is 3.40. The lowest BCUT2D eigenvalue weighted by Crippen LogP contribution is -2.32. The van der Waals surface area contributed by atoms with Gasteiger partial charge in [-0.05, 0) is 43.2 Å². The first-order valence-electron chi connectivity index (χ1n) is 10.9. The average molecular weight is 485 g/mol. The van der Waals surface area contributed by atoms with Crippen LogP contribution < -0.4 is 5.32 Å². The number of hydrogen-bond donors (Lipinski definition) is 1. The number of halogens is 1. The van der Waals surface area contributed by atoms with Gasteiger partial charge in [0.05, 0.1) is 34.4 Å². The first kappa shape index (κ1) is 21.0. The third kappa shape index (κ3) is 3.71. The summed E-state index contributed by atoms with van der Waals surface area (Å²) in [6.45, 7) is 0. The Morgan fingerprint density at radius 3 is 2.86 bits per heavy atom. The van der Waals surface area contributed by atoms with Crippen LogP contribution in [0.3, 0.4) is 0 Å². The van der Waals surface area contributed by atoms with Gasteiger partial charge < -0.3 is 5.32 Å². The number of anilines is 1. The van der Waals surface area contributed by atoms with Gasteiger partial charge in [-0.25, -0.2) is 24.1 Å². The Labute approximate surface area is 204 Å². The van der Waals surface area contributed by atoms with Gasteiger partial charge in [-0.2, -0.15) is 10.2 Å². The van der Waals surface area contributed by atoms with Crippen LogP contribution in [0.1, 0.15) is 34.8 Å². The van der Waals surface area contributed by atoms with Crippen LogP contribution in [0.4, 0.5) is 5.69 Å². The third-order valence-electron chi connectivity index (χ3n) is 5.78. The Kier molecular flexibility index (Phi) is 5.02. The Hall–Kier alpha value is -4.53. The van der Waals surface area contributed by atoms with E-state index in [1.165, 1.54) is 6.20 Å². The minimum atomic E-state index is -0.314. The number of nitrogens with one attached hydrogen (secondary N) is 1. The zero-order valence-electron chi connectivity index (χ0n) is 18.2. The van der Waals surface area contributed by atoms with Crippen molar-refractivity contribution >= 4 is 40.7 Å². The van der Waals surface area contributed by atoms with E-state index in [9.17, 15) is 9.59 Å². The van der Waals surface area contributed by atoms with Gasteiger partial charge in [0.15, 0.2) is 17.6 Å². The van der Waals surface area contributed by atoms with Crippen molar-refractivity contribution in [2.45, 2.75) is 18.8 Å². The van der Waals surface area contributed by atoms with Gasteiger partial charge in [0.2, 0.25) is 0 Å². The summed E-state index contributed by atoms with van der Waals surface area (Å²) in [5, 5.41) is 11.9. The van der Waals surface area contributed by atoms with E-state index in [4.69, 9.17) is 11.6 Å². The Balaban J connectivity index is 1.32. The van der Waals surface area contributed by atoms with Crippen LogP contribution in [0.5, 0.6) is 0 Å². The van der Waals surface area contributed by atoms with Crippen molar-refractivity contribution in [3.05, 3.63) is 89.5 Å². The van der Waals surface area contributed by atoms with Crippen LogP contribution in [0, 0.1) is 0 Å². The molecule has 35 heavy (non-hydrogen) atoms. The molecule has 6 rings (SSSR count). The molecule has 10 nitrogen and oxygen atoms in total. The Bertz CT molecular complexity index is 1520. The highest BCUT2D eigenvalue weighted by atomic mass is 35.5.